The number of pyridine rings is 1. The molecule has 0 radical (unpaired) electrons. The van der Waals surface area contributed by atoms with Gasteiger partial charge in [0.1, 0.15) is 13.2 Å². The van der Waals surface area contributed by atoms with Crippen LogP contribution in [0, 0.1) is 24.7 Å². The number of methoxy groups -OCH3 is 2. The van der Waals surface area contributed by atoms with Crippen LogP contribution in [-0.2, 0) is 38.9 Å². The second kappa shape index (κ2) is 22.6. The summed E-state index contributed by atoms with van der Waals surface area (Å²) in [6.45, 7) is 15.0. The lowest BCUT2D eigenvalue weighted by molar-refractivity contribution is 0.101. The van der Waals surface area contributed by atoms with Crippen molar-refractivity contribution >= 4 is 29.6 Å². The Balaban J connectivity index is 1.30. The van der Waals surface area contributed by atoms with E-state index in [1.165, 1.54) is 22.3 Å². The van der Waals surface area contributed by atoms with Crippen LogP contribution in [0.3, 0.4) is 0 Å². The molecule has 0 spiro atoms. The van der Waals surface area contributed by atoms with E-state index in [9.17, 15) is 4.79 Å². The molecule has 8 heteroatoms. The van der Waals surface area contributed by atoms with Crippen molar-refractivity contribution in [1.82, 2.24) is 4.98 Å². The molecular weight excluding hydrogens is 747 g/mol. The van der Waals surface area contributed by atoms with E-state index in [1.807, 2.05) is 43.5 Å². The van der Waals surface area contributed by atoms with Gasteiger partial charge in [-0.3, -0.25) is 19.8 Å². The first-order valence-corrected chi connectivity index (χ1v) is 21.4. The Hall–Kier alpha value is -5.76. The van der Waals surface area contributed by atoms with Crippen LogP contribution in [0.25, 0.3) is 0 Å². The summed E-state index contributed by atoms with van der Waals surface area (Å²) in [4.78, 5) is 27.6. The van der Waals surface area contributed by atoms with Crippen molar-refractivity contribution in [1.29, 1.82) is 0 Å². The number of benzene rings is 4. The number of nitrogens with zero attached hydrogens (tertiary/aromatic N) is 3. The Labute approximate surface area is 358 Å². The van der Waals surface area contributed by atoms with Crippen molar-refractivity contribution in [2.75, 3.05) is 14.2 Å². The van der Waals surface area contributed by atoms with Crippen molar-refractivity contribution in [3.8, 4) is 23.0 Å². The minimum Gasteiger partial charge on any atom is -0.493 e. The highest BCUT2D eigenvalue weighted by Crippen LogP contribution is 2.37. The van der Waals surface area contributed by atoms with Crippen molar-refractivity contribution in [2.45, 2.75) is 100 Å². The highest BCUT2D eigenvalue weighted by atomic mass is 16.5. The van der Waals surface area contributed by atoms with Crippen molar-refractivity contribution in [3.63, 3.8) is 0 Å². The topological polar surface area (TPSA) is 91.6 Å². The van der Waals surface area contributed by atoms with Gasteiger partial charge in [-0.25, -0.2) is 0 Å². The van der Waals surface area contributed by atoms with E-state index in [0.29, 0.717) is 51.8 Å². The summed E-state index contributed by atoms with van der Waals surface area (Å²) in [6, 6.07) is 30.4. The Morgan fingerprint density at radius 2 is 1.20 bits per heavy atom. The molecule has 5 rings (SSSR count). The quantitative estimate of drug-likeness (QED) is 0.0511. The summed E-state index contributed by atoms with van der Waals surface area (Å²) < 4.78 is 24.1. The second-order valence-electron chi connectivity index (χ2n) is 15.7. The van der Waals surface area contributed by atoms with E-state index in [0.717, 1.165) is 55.5 Å². The number of Topliss-reactive ketones (excluding diaryl/α,β-unsaturated/α-hetero) is 1. The molecule has 2 atom stereocenters. The van der Waals surface area contributed by atoms with Crippen LogP contribution in [0.1, 0.15) is 104 Å². The smallest absolute Gasteiger partial charge is 0.163 e. The molecule has 4 aromatic carbocycles. The van der Waals surface area contributed by atoms with Crippen LogP contribution in [-0.4, -0.2) is 37.4 Å². The van der Waals surface area contributed by atoms with Gasteiger partial charge in [0.2, 0.25) is 0 Å². The summed E-state index contributed by atoms with van der Waals surface area (Å²) in [5.41, 5.74) is 9.76. The first-order chi connectivity index (χ1) is 29.1. The van der Waals surface area contributed by atoms with Crippen LogP contribution >= 0.6 is 0 Å². The third-order valence-electron chi connectivity index (χ3n) is 11.0. The molecule has 0 saturated heterocycles. The van der Waals surface area contributed by atoms with Crippen molar-refractivity contribution in [2.24, 2.45) is 27.7 Å². The Morgan fingerprint density at radius 1 is 0.667 bits per heavy atom. The van der Waals surface area contributed by atoms with Crippen molar-refractivity contribution < 1.29 is 23.7 Å². The minimum atomic E-state index is -0.0998. The maximum absolute atomic E-state index is 12.8. The van der Waals surface area contributed by atoms with Crippen LogP contribution < -0.4 is 18.9 Å². The first-order valence-electron chi connectivity index (χ1n) is 21.4. The van der Waals surface area contributed by atoms with Gasteiger partial charge in [0.15, 0.2) is 28.8 Å². The number of aromatic nitrogens is 1. The number of rotatable bonds is 22. The van der Waals surface area contributed by atoms with E-state index < -0.39 is 0 Å². The number of ketones is 1. The number of carbonyl (C=O) groups excluding carboxylic acids is 1. The Bertz CT molecular complexity index is 2240. The number of ether oxygens (including phenoxy) is 4. The van der Waals surface area contributed by atoms with Gasteiger partial charge in [-0.05, 0) is 110 Å². The lowest BCUT2D eigenvalue weighted by Crippen LogP contribution is -2.14. The van der Waals surface area contributed by atoms with Gasteiger partial charge >= 0.3 is 0 Å². The second-order valence-corrected chi connectivity index (χ2v) is 15.7. The number of aryl methyl sites for hydroxylation is 3. The molecule has 0 bridgehead atoms. The van der Waals surface area contributed by atoms with E-state index >= 15 is 0 Å². The van der Waals surface area contributed by atoms with E-state index in [1.54, 1.807) is 33.3 Å². The lowest BCUT2D eigenvalue weighted by atomic mass is 9.88. The molecule has 8 nitrogen and oxygen atoms in total. The zero-order valence-electron chi connectivity index (χ0n) is 37.1. The Kier molecular flexibility index (Phi) is 17.0. The van der Waals surface area contributed by atoms with Gasteiger partial charge in [-0.1, -0.05) is 95.6 Å². The maximum atomic E-state index is 12.8. The number of hydrogen-bond donors (Lipinski definition) is 0. The first kappa shape index (κ1) is 45.3. The molecule has 316 valence electrons. The molecule has 0 aliphatic heterocycles. The molecule has 0 aliphatic rings. The molecule has 2 unspecified atom stereocenters. The Morgan fingerprint density at radius 3 is 1.73 bits per heavy atom. The third kappa shape index (κ3) is 12.4. The standard InChI is InChI=1S/C52H63N3O5/c1-10-18-38(26-41-21-15-13-19-39(41)11-2)31-53-47-29-51(49(57-8)25-36(47)6)59-33-44-23-17-24-45(55-44)34-60-52-30-48(46(37(7)56)28-50(52)58-9)54-32-43(35(4)5)27-42-22-16-14-20-40(42)12-3/h13-17,19-25,28-32,35,38,43H,10-12,18,26-27,33-34H2,1-9H3. The molecule has 0 aliphatic carbocycles. The lowest BCUT2D eigenvalue weighted by Gasteiger charge is -2.19. The third-order valence-corrected chi connectivity index (χ3v) is 11.0. The van der Waals surface area contributed by atoms with Gasteiger partial charge in [-0.2, -0.15) is 0 Å². The number of hydrogen-bond acceptors (Lipinski definition) is 8. The fraction of sp³-hybridized carbons (Fsp3) is 0.385. The molecule has 1 aromatic heterocycles. The molecule has 5 aromatic rings. The average Bonchev–Trinajstić information content (AvgIpc) is 3.26. The molecular formula is C52H63N3O5. The summed E-state index contributed by atoms with van der Waals surface area (Å²) >= 11 is 0. The van der Waals surface area contributed by atoms with Gasteiger partial charge in [-0.15, -0.1) is 0 Å². The van der Waals surface area contributed by atoms with Gasteiger partial charge < -0.3 is 18.9 Å². The van der Waals surface area contributed by atoms with Crippen molar-refractivity contribution in [3.05, 3.63) is 136 Å². The predicted molar refractivity (Wildman–Crippen MR) is 246 cm³/mol. The number of aliphatic imine (C=N–C) groups is 2. The summed E-state index contributed by atoms with van der Waals surface area (Å²) in [5.74, 6) is 2.91. The summed E-state index contributed by atoms with van der Waals surface area (Å²) in [6.07, 6.45) is 10.1. The SMILES string of the molecule is CCCC(C=Nc1cc(OCc2cccc(COc3cc(N=CC(Cc4ccccc4CC)C(C)C)c(C(C)=O)cc3OC)n2)c(OC)cc1C)Cc1ccccc1CC. The zero-order chi connectivity index (χ0) is 43.0. The minimum absolute atomic E-state index is 0.0998. The normalized spacial score (nSPS) is 12.6. The van der Waals surface area contributed by atoms with Crippen LogP contribution in [0.2, 0.25) is 0 Å². The molecule has 0 saturated carbocycles. The predicted octanol–water partition coefficient (Wildman–Crippen LogP) is 12.5. The fourth-order valence-electron chi connectivity index (χ4n) is 7.43. The molecule has 0 N–H and O–H groups in total. The molecule has 60 heavy (non-hydrogen) atoms. The largest absolute Gasteiger partial charge is 0.493 e. The number of carbonyl (C=O) groups is 1. The van der Waals surface area contributed by atoms with Crippen LogP contribution in [0.5, 0.6) is 23.0 Å². The van der Waals surface area contributed by atoms with Gasteiger partial charge in [0.05, 0.1) is 37.0 Å². The van der Waals surface area contributed by atoms with E-state index in [4.69, 9.17) is 33.9 Å². The molecule has 0 amide bonds. The summed E-state index contributed by atoms with van der Waals surface area (Å²) in [5, 5.41) is 0. The van der Waals surface area contributed by atoms with Gasteiger partial charge in [0.25, 0.3) is 0 Å². The molecule has 0 fully saturated rings. The van der Waals surface area contributed by atoms with Gasteiger partial charge in [0, 0.05) is 36.0 Å². The summed E-state index contributed by atoms with van der Waals surface area (Å²) in [7, 11) is 3.21. The fourth-order valence-corrected chi connectivity index (χ4v) is 7.43. The van der Waals surface area contributed by atoms with Crippen LogP contribution in [0.4, 0.5) is 11.4 Å². The zero-order valence-corrected chi connectivity index (χ0v) is 37.1. The van der Waals surface area contributed by atoms with Crippen LogP contribution in [0.15, 0.2) is 101 Å². The highest BCUT2D eigenvalue weighted by Gasteiger charge is 2.18. The molecule has 1 heterocycles. The average molecular weight is 810 g/mol. The highest BCUT2D eigenvalue weighted by molar-refractivity contribution is 6.00. The van der Waals surface area contributed by atoms with E-state index in [2.05, 4.69) is 89.4 Å². The monoisotopic (exact) mass is 809 g/mol. The maximum Gasteiger partial charge on any atom is 0.163 e. The van der Waals surface area contributed by atoms with E-state index in [-0.39, 0.29) is 24.9 Å².